The van der Waals surface area contributed by atoms with Gasteiger partial charge in [0.2, 0.25) is 5.89 Å². The Morgan fingerprint density at radius 2 is 1.61 bits per heavy atom. The van der Waals surface area contributed by atoms with Crippen LogP contribution in [0.5, 0.6) is 11.5 Å². The SMILES string of the molecule is CCCCOc1ccc(C(=O)C(=Cc2ccc(OCC)cc2)c2nc3ccccc3o2)cc1. The van der Waals surface area contributed by atoms with Crippen molar-refractivity contribution in [3.63, 3.8) is 0 Å². The quantitative estimate of drug-likeness (QED) is 0.153. The zero-order valence-electron chi connectivity index (χ0n) is 18.9. The van der Waals surface area contributed by atoms with Gasteiger partial charge in [0.05, 0.1) is 18.8 Å². The summed E-state index contributed by atoms with van der Waals surface area (Å²) in [7, 11) is 0. The van der Waals surface area contributed by atoms with Gasteiger partial charge in [-0.2, -0.15) is 0 Å². The van der Waals surface area contributed by atoms with Crippen molar-refractivity contribution in [1.29, 1.82) is 0 Å². The molecule has 0 spiro atoms. The Kier molecular flexibility index (Phi) is 7.20. The standard InChI is InChI=1S/C28H27NO4/c1-3-5-18-32-23-16-12-21(13-17-23)27(30)24(19-20-10-14-22(15-11-20)31-4-2)28-29-25-8-6-7-9-26(25)33-28/h6-17,19H,3-5,18H2,1-2H3. The molecule has 5 nitrogen and oxygen atoms in total. The highest BCUT2D eigenvalue weighted by Gasteiger charge is 2.20. The number of ketones is 1. The number of para-hydroxylation sites is 2. The van der Waals surface area contributed by atoms with Gasteiger partial charge in [0.25, 0.3) is 0 Å². The third-order valence-corrected chi connectivity index (χ3v) is 5.15. The van der Waals surface area contributed by atoms with Crippen molar-refractivity contribution in [3.05, 3.63) is 89.8 Å². The smallest absolute Gasteiger partial charge is 0.231 e. The van der Waals surface area contributed by atoms with Crippen LogP contribution in [0.3, 0.4) is 0 Å². The van der Waals surface area contributed by atoms with Crippen LogP contribution in [0.15, 0.2) is 77.2 Å². The monoisotopic (exact) mass is 441 g/mol. The number of aromatic nitrogens is 1. The summed E-state index contributed by atoms with van der Waals surface area (Å²) < 4.78 is 17.2. The van der Waals surface area contributed by atoms with Crippen molar-refractivity contribution in [3.8, 4) is 11.5 Å². The zero-order valence-corrected chi connectivity index (χ0v) is 18.9. The third kappa shape index (κ3) is 5.50. The van der Waals surface area contributed by atoms with Crippen molar-refractivity contribution in [2.24, 2.45) is 0 Å². The Morgan fingerprint density at radius 1 is 0.909 bits per heavy atom. The van der Waals surface area contributed by atoms with E-state index in [1.54, 1.807) is 18.2 Å². The van der Waals surface area contributed by atoms with Crippen LogP contribution >= 0.6 is 0 Å². The molecule has 33 heavy (non-hydrogen) atoms. The van der Waals surface area contributed by atoms with E-state index in [2.05, 4.69) is 11.9 Å². The van der Waals surface area contributed by atoms with Gasteiger partial charge in [0.15, 0.2) is 11.4 Å². The molecule has 0 radical (unpaired) electrons. The molecule has 0 fully saturated rings. The lowest BCUT2D eigenvalue weighted by atomic mass is 10.0. The van der Waals surface area contributed by atoms with E-state index < -0.39 is 0 Å². The van der Waals surface area contributed by atoms with E-state index in [-0.39, 0.29) is 5.78 Å². The number of nitrogens with zero attached hydrogens (tertiary/aromatic N) is 1. The molecule has 0 atom stereocenters. The minimum Gasteiger partial charge on any atom is -0.494 e. The lowest BCUT2D eigenvalue weighted by Gasteiger charge is -2.08. The fraction of sp³-hybridized carbons (Fsp3) is 0.214. The Morgan fingerprint density at radius 3 is 2.30 bits per heavy atom. The Bertz CT molecular complexity index is 1200. The average Bonchev–Trinajstić information content (AvgIpc) is 3.28. The third-order valence-electron chi connectivity index (χ3n) is 5.15. The van der Waals surface area contributed by atoms with E-state index in [0.717, 1.165) is 29.9 Å². The molecule has 0 saturated carbocycles. The number of hydrogen-bond donors (Lipinski definition) is 0. The van der Waals surface area contributed by atoms with Crippen molar-refractivity contribution < 1.29 is 18.7 Å². The number of carbonyl (C=O) groups is 1. The summed E-state index contributed by atoms with van der Waals surface area (Å²) in [5.41, 5.74) is 3.12. The van der Waals surface area contributed by atoms with Crippen LogP contribution in [-0.2, 0) is 0 Å². The molecular weight excluding hydrogens is 414 g/mol. The van der Waals surface area contributed by atoms with Crippen molar-refractivity contribution in [2.45, 2.75) is 26.7 Å². The van der Waals surface area contributed by atoms with Gasteiger partial charge in [0.1, 0.15) is 17.0 Å². The normalized spacial score (nSPS) is 11.5. The van der Waals surface area contributed by atoms with Crippen LogP contribution in [-0.4, -0.2) is 24.0 Å². The number of ether oxygens (including phenoxy) is 2. The van der Waals surface area contributed by atoms with Gasteiger partial charge in [0, 0.05) is 5.56 Å². The van der Waals surface area contributed by atoms with Crippen LogP contribution in [0, 0.1) is 0 Å². The van der Waals surface area contributed by atoms with E-state index in [1.807, 2.05) is 67.6 Å². The molecule has 5 heteroatoms. The lowest BCUT2D eigenvalue weighted by molar-refractivity contribution is 0.105. The minimum absolute atomic E-state index is 0.171. The molecule has 3 aromatic carbocycles. The fourth-order valence-corrected chi connectivity index (χ4v) is 3.40. The largest absolute Gasteiger partial charge is 0.494 e. The number of hydrogen-bond acceptors (Lipinski definition) is 5. The Balaban J connectivity index is 1.68. The average molecular weight is 442 g/mol. The molecule has 1 heterocycles. The van der Waals surface area contributed by atoms with Crippen LogP contribution in [0.2, 0.25) is 0 Å². The summed E-state index contributed by atoms with van der Waals surface area (Å²) in [6, 6.07) is 22.3. The molecule has 4 aromatic rings. The molecule has 0 saturated heterocycles. The number of benzene rings is 3. The molecule has 168 valence electrons. The zero-order chi connectivity index (χ0) is 23.0. The summed E-state index contributed by atoms with van der Waals surface area (Å²) in [6.07, 6.45) is 3.86. The van der Waals surface area contributed by atoms with E-state index in [9.17, 15) is 4.79 Å². The highest BCUT2D eigenvalue weighted by molar-refractivity contribution is 6.31. The van der Waals surface area contributed by atoms with Crippen molar-refractivity contribution >= 4 is 28.5 Å². The van der Waals surface area contributed by atoms with Gasteiger partial charge >= 0.3 is 0 Å². The number of unbranched alkanes of at least 4 members (excludes halogenated alkanes) is 1. The molecule has 0 aliphatic rings. The second-order valence-corrected chi connectivity index (χ2v) is 7.60. The topological polar surface area (TPSA) is 61.6 Å². The highest BCUT2D eigenvalue weighted by Crippen LogP contribution is 2.27. The van der Waals surface area contributed by atoms with Gasteiger partial charge in [-0.3, -0.25) is 4.79 Å². The first-order valence-corrected chi connectivity index (χ1v) is 11.3. The molecular formula is C28H27NO4. The van der Waals surface area contributed by atoms with Gasteiger partial charge in [-0.1, -0.05) is 37.6 Å². The summed E-state index contributed by atoms with van der Waals surface area (Å²) in [5.74, 6) is 1.65. The second kappa shape index (κ2) is 10.6. The van der Waals surface area contributed by atoms with Crippen LogP contribution in [0.1, 0.15) is 48.5 Å². The van der Waals surface area contributed by atoms with E-state index in [1.165, 1.54) is 0 Å². The van der Waals surface area contributed by atoms with E-state index in [4.69, 9.17) is 13.9 Å². The Labute approximate surface area is 193 Å². The first-order valence-electron chi connectivity index (χ1n) is 11.3. The molecule has 1 aromatic heterocycles. The maximum Gasteiger partial charge on any atom is 0.231 e. The molecule has 0 aliphatic carbocycles. The van der Waals surface area contributed by atoms with Crippen LogP contribution in [0.25, 0.3) is 22.7 Å². The summed E-state index contributed by atoms with van der Waals surface area (Å²) >= 11 is 0. The first kappa shape index (κ1) is 22.3. The number of carbonyl (C=O) groups excluding carboxylic acids is 1. The summed E-state index contributed by atoms with van der Waals surface area (Å²) in [4.78, 5) is 18.1. The molecule has 4 rings (SSSR count). The van der Waals surface area contributed by atoms with Crippen LogP contribution in [0.4, 0.5) is 0 Å². The molecule has 0 N–H and O–H groups in total. The number of Topliss-reactive ketones (excluding diaryl/α,β-unsaturated/α-hetero) is 1. The maximum atomic E-state index is 13.5. The number of fused-ring (bicyclic) bond motifs is 1. The summed E-state index contributed by atoms with van der Waals surface area (Å²) in [5, 5.41) is 0. The summed E-state index contributed by atoms with van der Waals surface area (Å²) in [6.45, 7) is 5.32. The van der Waals surface area contributed by atoms with Gasteiger partial charge in [-0.15, -0.1) is 0 Å². The first-order chi connectivity index (χ1) is 16.2. The van der Waals surface area contributed by atoms with Gasteiger partial charge in [-0.25, -0.2) is 4.98 Å². The fourth-order valence-electron chi connectivity index (χ4n) is 3.40. The molecule has 0 bridgehead atoms. The number of oxazole rings is 1. The number of rotatable bonds is 10. The molecule has 0 amide bonds. The van der Waals surface area contributed by atoms with Crippen molar-refractivity contribution in [1.82, 2.24) is 4.98 Å². The highest BCUT2D eigenvalue weighted by atomic mass is 16.5. The van der Waals surface area contributed by atoms with Gasteiger partial charge in [-0.05, 0) is 73.5 Å². The molecule has 0 aliphatic heterocycles. The maximum absolute atomic E-state index is 13.5. The van der Waals surface area contributed by atoms with Gasteiger partial charge < -0.3 is 13.9 Å². The van der Waals surface area contributed by atoms with Crippen LogP contribution < -0.4 is 9.47 Å². The predicted molar refractivity (Wildman–Crippen MR) is 131 cm³/mol. The molecule has 0 unspecified atom stereocenters. The van der Waals surface area contributed by atoms with E-state index >= 15 is 0 Å². The Hall–Kier alpha value is -3.86. The number of allylic oxidation sites excluding steroid dienone is 1. The second-order valence-electron chi connectivity index (χ2n) is 7.60. The predicted octanol–water partition coefficient (Wildman–Crippen LogP) is 6.83. The van der Waals surface area contributed by atoms with E-state index in [0.29, 0.717) is 41.3 Å². The lowest BCUT2D eigenvalue weighted by Crippen LogP contribution is -2.04. The van der Waals surface area contributed by atoms with Crippen molar-refractivity contribution in [2.75, 3.05) is 13.2 Å². The minimum atomic E-state index is -0.171.